The van der Waals surface area contributed by atoms with E-state index in [9.17, 15) is 0 Å². The van der Waals surface area contributed by atoms with Crippen LogP contribution in [-0.4, -0.2) is 15.4 Å². The molecule has 2 aromatic rings. The largest absolute Gasteiger partial charge is 0.413 e. The normalized spacial score (nSPS) is 19.8. The third kappa shape index (κ3) is 8.00. The molecule has 2 N–H and O–H groups in total. The Morgan fingerprint density at radius 1 is 0.969 bits per heavy atom. The minimum Gasteiger partial charge on any atom is -0.413 e. The van der Waals surface area contributed by atoms with Crippen LogP contribution in [0.5, 0.6) is 0 Å². The van der Waals surface area contributed by atoms with Gasteiger partial charge in [-0.15, -0.1) is 0 Å². The van der Waals surface area contributed by atoms with E-state index < -0.39 is 0 Å². The number of hydrogen-bond donors (Lipinski definition) is 1. The van der Waals surface area contributed by atoms with Gasteiger partial charge in [0.1, 0.15) is 0 Å². The van der Waals surface area contributed by atoms with E-state index in [0.29, 0.717) is 15.3 Å². The van der Waals surface area contributed by atoms with Gasteiger partial charge in [0.2, 0.25) is 9.76 Å². The topological polar surface area (TPSA) is 35.2 Å². The molecule has 0 aromatic heterocycles. The first kappa shape index (κ1) is 25.5. The molecule has 3 atom stereocenters. The van der Waals surface area contributed by atoms with Crippen LogP contribution in [0.25, 0.3) is 10.8 Å². The van der Waals surface area contributed by atoms with E-state index >= 15 is 0 Å². The lowest BCUT2D eigenvalue weighted by molar-refractivity contribution is 0.135. The molecule has 0 fully saturated rings. The molecule has 0 spiro atoms. The van der Waals surface area contributed by atoms with Crippen molar-refractivity contribution >= 4 is 20.5 Å². The molecule has 0 bridgehead atoms. The molecule has 1 aliphatic carbocycles. The van der Waals surface area contributed by atoms with Crippen LogP contribution in [0.4, 0.5) is 0 Å². The Balaban J connectivity index is 1.28. The molecule has 3 unspecified atom stereocenters. The average molecular weight is 452 g/mol. The minimum atomic E-state index is 0.00652. The number of rotatable bonds is 12. The fraction of sp³-hybridized carbons (Fsp3) is 0.655. The van der Waals surface area contributed by atoms with E-state index in [1.54, 1.807) is 0 Å². The van der Waals surface area contributed by atoms with Crippen molar-refractivity contribution in [3.63, 3.8) is 0 Å². The molecule has 176 valence electrons. The van der Waals surface area contributed by atoms with E-state index in [1.807, 2.05) is 0 Å². The summed E-state index contributed by atoms with van der Waals surface area (Å²) in [6, 6.07) is 13.5. The molecule has 0 aliphatic heterocycles. The highest BCUT2D eigenvalue weighted by molar-refractivity contribution is 6.29. The number of nitrogens with two attached hydrogens (primary N) is 1. The average Bonchev–Trinajstić information content (AvgIpc) is 2.76. The molecule has 2 aromatic carbocycles. The lowest BCUT2D eigenvalue weighted by Crippen LogP contribution is -2.24. The molecule has 0 saturated carbocycles. The van der Waals surface area contributed by atoms with Crippen molar-refractivity contribution in [3.05, 3.63) is 47.5 Å². The zero-order valence-corrected chi connectivity index (χ0v) is 22.0. The van der Waals surface area contributed by atoms with Crippen LogP contribution in [0.3, 0.4) is 0 Å². The monoisotopic (exact) mass is 451 g/mol. The maximum atomic E-state index is 6.58. The second kappa shape index (κ2) is 12.3. The summed E-state index contributed by atoms with van der Waals surface area (Å²) in [4.78, 5) is 0. The summed E-state index contributed by atoms with van der Waals surface area (Å²) >= 11 is 0. The predicted octanol–water partition coefficient (Wildman–Crippen LogP) is 8.16. The van der Waals surface area contributed by atoms with Crippen LogP contribution >= 0.6 is 0 Å². The van der Waals surface area contributed by atoms with Crippen molar-refractivity contribution in [2.45, 2.75) is 116 Å². The molecule has 0 heterocycles. The van der Waals surface area contributed by atoms with Crippen LogP contribution in [0.15, 0.2) is 36.4 Å². The summed E-state index contributed by atoms with van der Waals surface area (Å²) in [6.07, 6.45) is 14.7. The second-order valence-corrected chi connectivity index (χ2v) is 12.5. The highest BCUT2D eigenvalue weighted by atomic mass is 28.2. The van der Waals surface area contributed by atoms with E-state index in [-0.39, 0.29) is 11.6 Å². The zero-order chi connectivity index (χ0) is 23.0. The van der Waals surface area contributed by atoms with E-state index in [0.717, 1.165) is 12.3 Å². The van der Waals surface area contributed by atoms with Gasteiger partial charge in [-0.05, 0) is 67.0 Å². The minimum absolute atomic E-state index is 0.00652. The fourth-order valence-corrected chi connectivity index (χ4v) is 5.99. The molecule has 3 heteroatoms. The molecular weight excluding hydrogens is 406 g/mol. The standard InChI is InChI=1S/C29H45NOSi/c1-22(32-31-29(2,3)4)14-10-8-6-5-7-9-11-15-23-20-27-25-17-13-12-16-24(25)18-19-26(27)28(30)21-23/h12-13,16-19,22-23,28H,5-11,14-15,20-21,30H2,1-4H3. The van der Waals surface area contributed by atoms with Gasteiger partial charge in [0.05, 0.1) is 0 Å². The predicted molar refractivity (Wildman–Crippen MR) is 140 cm³/mol. The first-order valence-corrected chi connectivity index (χ1v) is 14.0. The second-order valence-electron chi connectivity index (χ2n) is 11.1. The number of fused-ring (bicyclic) bond motifs is 3. The fourth-order valence-electron chi connectivity index (χ4n) is 5.11. The maximum Gasteiger partial charge on any atom is 0.233 e. The Bertz CT molecular complexity index is 828. The van der Waals surface area contributed by atoms with Gasteiger partial charge >= 0.3 is 0 Å². The van der Waals surface area contributed by atoms with Gasteiger partial charge in [0.25, 0.3) is 0 Å². The SMILES string of the molecule is CC(CCCCCCCCCC1Cc2c(ccc3ccccc23)C(N)C1)[Si]OC(C)(C)C. The first-order valence-electron chi connectivity index (χ1n) is 13.0. The Labute approximate surface area is 199 Å². The van der Waals surface area contributed by atoms with Gasteiger partial charge in [-0.25, -0.2) is 0 Å². The third-order valence-electron chi connectivity index (χ3n) is 6.87. The van der Waals surface area contributed by atoms with E-state index in [1.165, 1.54) is 86.1 Å². The quantitative estimate of drug-likeness (QED) is 0.261. The van der Waals surface area contributed by atoms with Crippen LogP contribution < -0.4 is 5.73 Å². The Kier molecular flexibility index (Phi) is 9.82. The van der Waals surface area contributed by atoms with Crippen LogP contribution in [-0.2, 0) is 10.8 Å². The first-order chi connectivity index (χ1) is 15.3. The van der Waals surface area contributed by atoms with Crippen LogP contribution in [0.1, 0.15) is 109 Å². The molecule has 2 nitrogen and oxygen atoms in total. The van der Waals surface area contributed by atoms with Crippen molar-refractivity contribution in [1.29, 1.82) is 0 Å². The van der Waals surface area contributed by atoms with Gasteiger partial charge < -0.3 is 10.2 Å². The molecule has 2 radical (unpaired) electrons. The summed E-state index contributed by atoms with van der Waals surface area (Å²) < 4.78 is 5.93. The van der Waals surface area contributed by atoms with Crippen molar-refractivity contribution in [2.75, 3.05) is 0 Å². The summed E-state index contributed by atoms with van der Waals surface area (Å²) in [7, 11) is 0.643. The van der Waals surface area contributed by atoms with Crippen LogP contribution in [0, 0.1) is 5.92 Å². The maximum absolute atomic E-state index is 6.58. The Hall–Kier alpha value is -1.16. The molecular formula is C29H45NOSi. The number of hydrogen-bond acceptors (Lipinski definition) is 2. The van der Waals surface area contributed by atoms with Gasteiger partial charge in [0.15, 0.2) is 0 Å². The lowest BCUT2D eigenvalue weighted by atomic mass is 9.77. The molecule has 0 saturated heterocycles. The van der Waals surface area contributed by atoms with Gasteiger partial charge in [-0.1, -0.05) is 101 Å². The molecule has 32 heavy (non-hydrogen) atoms. The Morgan fingerprint density at radius 3 is 2.41 bits per heavy atom. The third-order valence-corrected chi connectivity index (χ3v) is 8.29. The summed E-state index contributed by atoms with van der Waals surface area (Å²) in [6.45, 7) is 8.78. The summed E-state index contributed by atoms with van der Waals surface area (Å²) in [5.74, 6) is 0.751. The zero-order valence-electron chi connectivity index (χ0n) is 21.0. The van der Waals surface area contributed by atoms with Gasteiger partial charge in [-0.3, -0.25) is 0 Å². The summed E-state index contributed by atoms with van der Waals surface area (Å²) in [5, 5.41) is 2.78. The van der Waals surface area contributed by atoms with Crippen molar-refractivity contribution in [1.82, 2.24) is 0 Å². The number of unbranched alkanes of at least 4 members (excludes halogenated alkanes) is 6. The van der Waals surface area contributed by atoms with E-state index in [2.05, 4.69) is 64.1 Å². The van der Waals surface area contributed by atoms with Crippen molar-refractivity contribution in [2.24, 2.45) is 11.7 Å². The molecule has 1 aliphatic rings. The molecule has 0 amide bonds. The summed E-state index contributed by atoms with van der Waals surface area (Å²) in [5.41, 5.74) is 10.2. The van der Waals surface area contributed by atoms with E-state index in [4.69, 9.17) is 10.2 Å². The Morgan fingerprint density at radius 2 is 1.66 bits per heavy atom. The highest BCUT2D eigenvalue weighted by Gasteiger charge is 2.25. The number of benzene rings is 2. The van der Waals surface area contributed by atoms with Gasteiger partial charge in [-0.2, -0.15) is 0 Å². The highest BCUT2D eigenvalue weighted by Crippen LogP contribution is 2.38. The van der Waals surface area contributed by atoms with Crippen LogP contribution in [0.2, 0.25) is 5.54 Å². The van der Waals surface area contributed by atoms with Gasteiger partial charge in [0, 0.05) is 11.6 Å². The smallest absolute Gasteiger partial charge is 0.233 e. The molecule has 3 rings (SSSR count). The lowest BCUT2D eigenvalue weighted by Gasteiger charge is -2.30. The van der Waals surface area contributed by atoms with Crippen molar-refractivity contribution < 1.29 is 4.43 Å². The van der Waals surface area contributed by atoms with Crippen molar-refractivity contribution in [3.8, 4) is 0 Å².